The minimum absolute atomic E-state index is 0.331. The van der Waals surface area contributed by atoms with Crippen molar-refractivity contribution in [1.82, 2.24) is 9.97 Å². The van der Waals surface area contributed by atoms with Crippen LogP contribution in [-0.2, 0) is 0 Å². The summed E-state index contributed by atoms with van der Waals surface area (Å²) in [5.74, 6) is 1.71. The van der Waals surface area contributed by atoms with Gasteiger partial charge in [-0.1, -0.05) is 25.1 Å². The fraction of sp³-hybridized carbons (Fsp3) is 0.333. The first-order chi connectivity index (χ1) is 12.1. The fourth-order valence-corrected chi connectivity index (χ4v) is 3.38. The Hall–Kier alpha value is -2.49. The van der Waals surface area contributed by atoms with E-state index in [0.717, 1.165) is 54.1 Å². The second-order valence-corrected chi connectivity index (χ2v) is 6.95. The van der Waals surface area contributed by atoms with E-state index in [4.69, 9.17) is 4.98 Å². The topological polar surface area (TPSA) is 29.0 Å². The Labute approximate surface area is 147 Å². The number of benzene rings is 2. The first kappa shape index (κ1) is 16.0. The number of piperidine rings is 1. The summed E-state index contributed by atoms with van der Waals surface area (Å²) in [5, 5.41) is 1.03. The molecule has 1 aliphatic heterocycles. The van der Waals surface area contributed by atoms with E-state index < -0.39 is 0 Å². The molecule has 0 spiro atoms. The molecule has 2 heterocycles. The van der Waals surface area contributed by atoms with E-state index in [0.29, 0.717) is 11.4 Å². The molecule has 0 saturated carbocycles. The summed E-state index contributed by atoms with van der Waals surface area (Å²) in [4.78, 5) is 11.7. The number of nitrogens with zero attached hydrogens (tertiary/aromatic N) is 3. The van der Waals surface area contributed by atoms with Crippen LogP contribution < -0.4 is 4.90 Å². The number of rotatable bonds is 2. The van der Waals surface area contributed by atoms with Gasteiger partial charge < -0.3 is 4.90 Å². The maximum atomic E-state index is 14.3. The molecule has 0 aliphatic carbocycles. The number of hydrogen-bond donors (Lipinski definition) is 0. The molecule has 3 aromatic rings. The zero-order valence-corrected chi connectivity index (χ0v) is 14.6. The van der Waals surface area contributed by atoms with Crippen LogP contribution in [0.2, 0.25) is 0 Å². The van der Waals surface area contributed by atoms with Gasteiger partial charge in [-0.15, -0.1) is 0 Å². The Morgan fingerprint density at radius 2 is 1.96 bits per heavy atom. The maximum absolute atomic E-state index is 14.3. The number of aromatic nitrogens is 2. The Bertz CT molecular complexity index is 914. The lowest BCUT2D eigenvalue weighted by Crippen LogP contribution is -2.33. The molecule has 127 valence electrons. The lowest BCUT2D eigenvalue weighted by Gasteiger charge is -2.32. The highest BCUT2D eigenvalue weighted by molar-refractivity contribution is 5.91. The van der Waals surface area contributed by atoms with Gasteiger partial charge >= 0.3 is 0 Å². The molecule has 1 aromatic heterocycles. The van der Waals surface area contributed by atoms with Gasteiger partial charge in [-0.25, -0.2) is 14.4 Å². The first-order valence-corrected chi connectivity index (χ1v) is 8.82. The van der Waals surface area contributed by atoms with Crippen molar-refractivity contribution in [1.29, 1.82) is 0 Å². The summed E-state index contributed by atoms with van der Waals surface area (Å²) in [6, 6.07) is 13.9. The number of halogens is 1. The molecule has 0 unspecified atom stereocenters. The standard InChI is InChI=1S/C21H21FN3/c1-14-9-11-25(12-10-14)21-17-8-7-15(2)13-19(17)23-20(24-21)16-5-3-4-6-18(16)22/h3-4,6-8,13-14H,9-12H2,1-2H3. The number of aryl methyl sites for hydroxylation is 1. The van der Waals surface area contributed by atoms with Crippen LogP contribution >= 0.6 is 0 Å². The van der Waals surface area contributed by atoms with Crippen LogP contribution in [0.1, 0.15) is 25.3 Å². The Morgan fingerprint density at radius 1 is 1.16 bits per heavy atom. The molecule has 0 atom stereocenters. The van der Waals surface area contributed by atoms with Crippen LogP contribution in [0.15, 0.2) is 36.4 Å². The van der Waals surface area contributed by atoms with Crippen LogP contribution in [-0.4, -0.2) is 23.1 Å². The van der Waals surface area contributed by atoms with E-state index in [9.17, 15) is 4.39 Å². The first-order valence-electron chi connectivity index (χ1n) is 8.82. The smallest absolute Gasteiger partial charge is 0.165 e. The molecule has 1 saturated heterocycles. The molecular weight excluding hydrogens is 313 g/mol. The van der Waals surface area contributed by atoms with Crippen molar-refractivity contribution in [2.75, 3.05) is 18.0 Å². The summed E-state index contributed by atoms with van der Waals surface area (Å²) in [7, 11) is 0. The van der Waals surface area contributed by atoms with Gasteiger partial charge in [0.05, 0.1) is 11.1 Å². The van der Waals surface area contributed by atoms with Crippen molar-refractivity contribution in [3.63, 3.8) is 0 Å². The van der Waals surface area contributed by atoms with Gasteiger partial charge in [0.25, 0.3) is 0 Å². The Balaban J connectivity index is 1.89. The van der Waals surface area contributed by atoms with Gasteiger partial charge in [-0.2, -0.15) is 0 Å². The molecule has 1 aliphatic rings. The zero-order valence-electron chi connectivity index (χ0n) is 14.6. The fourth-order valence-electron chi connectivity index (χ4n) is 3.38. The van der Waals surface area contributed by atoms with Gasteiger partial charge in [0.1, 0.15) is 11.6 Å². The third-order valence-electron chi connectivity index (χ3n) is 4.94. The van der Waals surface area contributed by atoms with Crippen molar-refractivity contribution in [3.8, 4) is 11.4 Å². The summed E-state index contributed by atoms with van der Waals surface area (Å²) < 4.78 is 14.3. The predicted octanol–water partition coefficient (Wildman–Crippen LogP) is 4.78. The molecule has 0 N–H and O–H groups in total. The van der Waals surface area contributed by atoms with E-state index >= 15 is 0 Å². The molecule has 2 aromatic carbocycles. The van der Waals surface area contributed by atoms with Crippen molar-refractivity contribution < 1.29 is 4.39 Å². The number of hydrogen-bond acceptors (Lipinski definition) is 3. The molecule has 0 bridgehead atoms. The molecule has 4 heteroatoms. The van der Waals surface area contributed by atoms with E-state index in [1.54, 1.807) is 12.1 Å². The van der Waals surface area contributed by atoms with Gasteiger partial charge in [-0.05, 0) is 55.5 Å². The molecule has 4 rings (SSSR count). The molecule has 0 amide bonds. The van der Waals surface area contributed by atoms with Crippen molar-refractivity contribution in [2.45, 2.75) is 26.7 Å². The normalized spacial score (nSPS) is 15.7. The van der Waals surface area contributed by atoms with Crippen LogP contribution in [0, 0.1) is 24.7 Å². The predicted molar refractivity (Wildman–Crippen MR) is 99.1 cm³/mol. The van der Waals surface area contributed by atoms with Gasteiger partial charge in [-0.3, -0.25) is 0 Å². The second kappa shape index (κ2) is 6.43. The van der Waals surface area contributed by atoms with Crippen molar-refractivity contribution in [2.24, 2.45) is 5.92 Å². The third kappa shape index (κ3) is 3.09. The minimum Gasteiger partial charge on any atom is -0.356 e. The molecule has 3 nitrogen and oxygen atoms in total. The highest BCUT2D eigenvalue weighted by Gasteiger charge is 2.21. The summed E-state index contributed by atoms with van der Waals surface area (Å²) >= 11 is 0. The molecule has 25 heavy (non-hydrogen) atoms. The average molecular weight is 334 g/mol. The van der Waals surface area contributed by atoms with Crippen LogP contribution in [0.5, 0.6) is 0 Å². The minimum atomic E-state index is -0.340. The molecule has 1 fully saturated rings. The monoisotopic (exact) mass is 334 g/mol. The van der Waals surface area contributed by atoms with Gasteiger partial charge in [0.15, 0.2) is 5.82 Å². The van der Waals surface area contributed by atoms with Gasteiger partial charge in [0, 0.05) is 18.5 Å². The van der Waals surface area contributed by atoms with Crippen molar-refractivity contribution in [3.05, 3.63) is 53.8 Å². The zero-order chi connectivity index (χ0) is 17.4. The summed E-state index contributed by atoms with van der Waals surface area (Å²) in [5.41, 5.74) is 2.32. The summed E-state index contributed by atoms with van der Waals surface area (Å²) in [6.45, 7) is 6.28. The Morgan fingerprint density at radius 3 is 2.72 bits per heavy atom. The largest absolute Gasteiger partial charge is 0.356 e. The Kier molecular flexibility index (Phi) is 4.12. The van der Waals surface area contributed by atoms with E-state index in [2.05, 4.69) is 35.0 Å². The molecular formula is C21H21FN3. The van der Waals surface area contributed by atoms with Crippen LogP contribution in [0.25, 0.3) is 22.3 Å². The quantitative estimate of drug-likeness (QED) is 0.675. The maximum Gasteiger partial charge on any atom is 0.165 e. The third-order valence-corrected chi connectivity index (χ3v) is 4.94. The SMILES string of the molecule is Cc1ccc2c(N3CCC(C)CC3)nc(-c3[c]cccc3F)nc2c1. The van der Waals surface area contributed by atoms with E-state index in [1.165, 1.54) is 6.07 Å². The van der Waals surface area contributed by atoms with E-state index in [-0.39, 0.29) is 5.82 Å². The lowest BCUT2D eigenvalue weighted by atomic mass is 9.99. The second-order valence-electron chi connectivity index (χ2n) is 6.95. The van der Waals surface area contributed by atoms with Crippen LogP contribution in [0.4, 0.5) is 10.2 Å². The summed E-state index contributed by atoms with van der Waals surface area (Å²) in [6.07, 6.45) is 2.30. The van der Waals surface area contributed by atoms with E-state index in [1.807, 2.05) is 13.0 Å². The lowest BCUT2D eigenvalue weighted by molar-refractivity contribution is 0.437. The van der Waals surface area contributed by atoms with Gasteiger partial charge in [0.2, 0.25) is 0 Å². The van der Waals surface area contributed by atoms with Crippen LogP contribution in [0.3, 0.4) is 0 Å². The molecule has 1 radical (unpaired) electrons. The van der Waals surface area contributed by atoms with Crippen molar-refractivity contribution >= 4 is 16.7 Å². The highest BCUT2D eigenvalue weighted by atomic mass is 19.1. The number of fused-ring (bicyclic) bond motifs is 1. The highest BCUT2D eigenvalue weighted by Crippen LogP contribution is 2.31. The average Bonchev–Trinajstić information content (AvgIpc) is 2.61. The number of anilines is 1.